The number of fused-ring (bicyclic) bond motifs is 1. The Labute approximate surface area is 207 Å². The topological polar surface area (TPSA) is 178 Å². The standard InChI is InChI=1S/C23H29N7O6/c1-35-23(34)29(13-5-2-3-6-13)10-4-7-14-27-19(24)15-20(28-14)30(11-25-15)22-17(32)16(31)18(36-22)21(33)26-12-8-9-12/h11-13,16-18,22,31-32H,2-3,5-6,8-10H2,1H3,(H,26,33)(H2,24,27,28)/t16?,17?,18-,22+/m0/s1. The Bertz CT molecular complexity index is 1210. The van der Waals surface area contributed by atoms with Gasteiger partial charge in [-0.1, -0.05) is 18.8 Å². The highest BCUT2D eigenvalue weighted by atomic mass is 16.6. The Morgan fingerprint density at radius 2 is 2.00 bits per heavy atom. The van der Waals surface area contributed by atoms with Gasteiger partial charge in [-0.15, -0.1) is 0 Å². The number of aliphatic hydroxyl groups excluding tert-OH is 2. The van der Waals surface area contributed by atoms with Gasteiger partial charge in [0.2, 0.25) is 5.82 Å². The van der Waals surface area contributed by atoms with E-state index in [-0.39, 0.29) is 41.4 Å². The van der Waals surface area contributed by atoms with E-state index >= 15 is 0 Å². The van der Waals surface area contributed by atoms with Gasteiger partial charge in [0.15, 0.2) is 23.8 Å². The number of hydrogen-bond acceptors (Lipinski definition) is 10. The fourth-order valence-electron chi connectivity index (χ4n) is 4.68. The van der Waals surface area contributed by atoms with Crippen LogP contribution in [0.1, 0.15) is 50.6 Å². The Kier molecular flexibility index (Phi) is 6.65. The predicted octanol–water partition coefficient (Wildman–Crippen LogP) is -0.331. The molecule has 2 amide bonds. The molecule has 0 bridgehead atoms. The Balaban J connectivity index is 1.37. The fraction of sp³-hybridized carbons (Fsp3) is 0.609. The molecule has 2 aromatic rings. The summed E-state index contributed by atoms with van der Waals surface area (Å²) >= 11 is 0. The molecule has 5 rings (SSSR count). The average molecular weight is 500 g/mol. The largest absolute Gasteiger partial charge is 0.453 e. The molecular formula is C23H29N7O6. The maximum atomic E-state index is 12.4. The SMILES string of the molecule is COC(=O)N(CC#Cc1nc(N)c2ncn([C@@H]3O[C@H](C(=O)NC4CC4)C(O)C3O)c2n1)C1CCCC1. The van der Waals surface area contributed by atoms with Gasteiger partial charge in [-0.3, -0.25) is 14.3 Å². The van der Waals surface area contributed by atoms with Crippen LogP contribution in [0.25, 0.3) is 11.2 Å². The number of nitrogen functional groups attached to an aromatic ring is 1. The lowest BCUT2D eigenvalue weighted by Crippen LogP contribution is -2.43. The van der Waals surface area contributed by atoms with Crippen LogP contribution in [0.4, 0.5) is 10.6 Å². The van der Waals surface area contributed by atoms with Crippen LogP contribution in [0.2, 0.25) is 0 Å². The molecule has 2 saturated carbocycles. The molecule has 3 aliphatic rings. The first-order chi connectivity index (χ1) is 17.4. The van der Waals surface area contributed by atoms with Crippen molar-refractivity contribution in [2.24, 2.45) is 0 Å². The van der Waals surface area contributed by atoms with E-state index < -0.39 is 36.5 Å². The lowest BCUT2D eigenvalue weighted by atomic mass is 10.1. The summed E-state index contributed by atoms with van der Waals surface area (Å²) in [5.41, 5.74) is 6.56. The maximum Gasteiger partial charge on any atom is 0.410 e. The molecule has 2 aliphatic carbocycles. The van der Waals surface area contributed by atoms with Crippen LogP contribution < -0.4 is 11.1 Å². The number of nitrogens with zero attached hydrogens (tertiary/aromatic N) is 5. The highest BCUT2D eigenvalue weighted by Crippen LogP contribution is 2.33. The normalized spacial score (nSPS) is 26.0. The van der Waals surface area contributed by atoms with Crippen LogP contribution in [0.5, 0.6) is 0 Å². The van der Waals surface area contributed by atoms with Crippen molar-refractivity contribution in [3.05, 3.63) is 12.2 Å². The average Bonchev–Trinajstić information content (AvgIpc) is 3.22. The summed E-state index contributed by atoms with van der Waals surface area (Å²) in [7, 11) is 1.34. The third-order valence-electron chi connectivity index (χ3n) is 6.77. The zero-order valence-electron chi connectivity index (χ0n) is 19.8. The molecule has 2 unspecified atom stereocenters. The third kappa shape index (κ3) is 4.67. The molecule has 13 heteroatoms. The van der Waals surface area contributed by atoms with Gasteiger partial charge >= 0.3 is 6.09 Å². The molecule has 0 aromatic carbocycles. The number of aromatic nitrogens is 4. The number of anilines is 1. The number of nitrogens with one attached hydrogen (secondary N) is 1. The molecule has 192 valence electrons. The number of hydrogen-bond donors (Lipinski definition) is 4. The summed E-state index contributed by atoms with van der Waals surface area (Å²) in [5, 5.41) is 23.8. The second-order valence-electron chi connectivity index (χ2n) is 9.31. The molecule has 3 fully saturated rings. The van der Waals surface area contributed by atoms with Gasteiger partial charge in [-0.2, -0.15) is 0 Å². The zero-order chi connectivity index (χ0) is 25.4. The minimum atomic E-state index is -1.43. The van der Waals surface area contributed by atoms with Crippen LogP contribution >= 0.6 is 0 Å². The van der Waals surface area contributed by atoms with Crippen LogP contribution in [0, 0.1) is 11.8 Å². The van der Waals surface area contributed by atoms with E-state index in [1.54, 1.807) is 4.90 Å². The first kappa shape index (κ1) is 24.2. The minimum Gasteiger partial charge on any atom is -0.453 e. The molecule has 2 aromatic heterocycles. The summed E-state index contributed by atoms with van der Waals surface area (Å²) in [6.07, 6.45) is 1.42. The van der Waals surface area contributed by atoms with Gasteiger partial charge in [0, 0.05) is 12.1 Å². The van der Waals surface area contributed by atoms with E-state index in [1.807, 2.05) is 0 Å². The molecule has 13 nitrogen and oxygen atoms in total. The number of carbonyl (C=O) groups is 2. The van der Waals surface area contributed by atoms with E-state index in [9.17, 15) is 19.8 Å². The number of carbonyl (C=O) groups excluding carboxylic acids is 2. The van der Waals surface area contributed by atoms with Crippen LogP contribution in [0.3, 0.4) is 0 Å². The zero-order valence-corrected chi connectivity index (χ0v) is 19.8. The van der Waals surface area contributed by atoms with E-state index in [4.69, 9.17) is 15.2 Å². The number of aliphatic hydroxyl groups is 2. The second-order valence-corrected chi connectivity index (χ2v) is 9.31. The molecule has 4 atom stereocenters. The van der Waals surface area contributed by atoms with Crippen LogP contribution in [0.15, 0.2) is 6.33 Å². The summed E-state index contributed by atoms with van der Waals surface area (Å²) in [5.74, 6) is 5.44. The van der Waals surface area contributed by atoms with Gasteiger partial charge in [0.05, 0.1) is 20.0 Å². The fourth-order valence-corrected chi connectivity index (χ4v) is 4.68. The van der Waals surface area contributed by atoms with Gasteiger partial charge in [-0.05, 0) is 31.6 Å². The predicted molar refractivity (Wildman–Crippen MR) is 125 cm³/mol. The molecule has 1 saturated heterocycles. The number of amides is 2. The highest BCUT2D eigenvalue weighted by molar-refractivity contribution is 5.83. The monoisotopic (exact) mass is 499 g/mol. The van der Waals surface area contributed by atoms with Crippen molar-refractivity contribution in [1.29, 1.82) is 0 Å². The number of rotatable bonds is 5. The summed E-state index contributed by atoms with van der Waals surface area (Å²) in [4.78, 5) is 39.1. The first-order valence-electron chi connectivity index (χ1n) is 12.0. The molecule has 36 heavy (non-hydrogen) atoms. The number of ether oxygens (including phenoxy) is 2. The maximum absolute atomic E-state index is 12.4. The van der Waals surface area contributed by atoms with Crippen molar-refractivity contribution >= 4 is 29.0 Å². The molecule has 3 heterocycles. The van der Waals surface area contributed by atoms with Crippen molar-refractivity contribution in [2.45, 2.75) is 75.1 Å². The molecular weight excluding hydrogens is 470 g/mol. The van der Waals surface area contributed by atoms with Crippen LogP contribution in [-0.2, 0) is 14.3 Å². The van der Waals surface area contributed by atoms with Gasteiger partial charge in [0.25, 0.3) is 5.91 Å². The second kappa shape index (κ2) is 9.88. The number of methoxy groups -OCH3 is 1. The van der Waals surface area contributed by atoms with E-state index in [0.717, 1.165) is 38.5 Å². The van der Waals surface area contributed by atoms with Crippen molar-refractivity contribution in [3.63, 3.8) is 0 Å². The molecule has 1 aliphatic heterocycles. The van der Waals surface area contributed by atoms with Crippen molar-refractivity contribution < 1.29 is 29.3 Å². The minimum absolute atomic E-state index is 0.0692. The quantitative estimate of drug-likeness (QED) is 0.398. The third-order valence-corrected chi connectivity index (χ3v) is 6.77. The smallest absolute Gasteiger partial charge is 0.410 e. The first-order valence-corrected chi connectivity index (χ1v) is 12.0. The lowest BCUT2D eigenvalue weighted by molar-refractivity contribution is -0.137. The number of nitrogens with two attached hydrogens (primary N) is 1. The Morgan fingerprint density at radius 3 is 2.69 bits per heavy atom. The Morgan fingerprint density at radius 1 is 1.25 bits per heavy atom. The van der Waals surface area contributed by atoms with E-state index in [0.29, 0.717) is 0 Å². The lowest BCUT2D eigenvalue weighted by Gasteiger charge is -2.25. The Hall–Kier alpha value is -3.47. The van der Waals surface area contributed by atoms with Gasteiger partial charge in [-0.25, -0.2) is 19.7 Å². The summed E-state index contributed by atoms with van der Waals surface area (Å²) in [6, 6.07) is 0.162. The molecule has 5 N–H and O–H groups in total. The molecule has 0 spiro atoms. The summed E-state index contributed by atoms with van der Waals surface area (Å²) in [6.45, 7) is 0.145. The van der Waals surface area contributed by atoms with Gasteiger partial charge < -0.3 is 30.7 Å². The van der Waals surface area contributed by atoms with Crippen molar-refractivity contribution in [1.82, 2.24) is 29.7 Å². The highest BCUT2D eigenvalue weighted by Gasteiger charge is 2.48. The van der Waals surface area contributed by atoms with Crippen molar-refractivity contribution in [2.75, 3.05) is 19.4 Å². The van der Waals surface area contributed by atoms with Crippen LogP contribution in [-0.4, -0.2) is 90.7 Å². The van der Waals surface area contributed by atoms with E-state index in [2.05, 4.69) is 32.1 Å². The summed E-state index contributed by atoms with van der Waals surface area (Å²) < 4.78 is 12.0. The van der Waals surface area contributed by atoms with E-state index in [1.165, 1.54) is 18.0 Å². The van der Waals surface area contributed by atoms with Crippen molar-refractivity contribution in [3.8, 4) is 11.8 Å². The number of imidazole rings is 1. The molecule has 0 radical (unpaired) electrons. The van der Waals surface area contributed by atoms with Gasteiger partial charge in [0.1, 0.15) is 17.7 Å².